The fraction of sp³-hybridized carbons (Fsp3) is 0.417. The van der Waals surface area contributed by atoms with Crippen molar-refractivity contribution < 1.29 is 13.2 Å². The molecular weight excluding hydrogens is 323 g/mol. The van der Waals surface area contributed by atoms with E-state index in [4.69, 9.17) is 38.3 Å². The molecule has 20 heavy (non-hydrogen) atoms. The van der Waals surface area contributed by atoms with E-state index in [0.29, 0.717) is 13.0 Å². The molecule has 0 aromatic heterocycles. The van der Waals surface area contributed by atoms with E-state index in [1.807, 2.05) is 0 Å². The highest BCUT2D eigenvalue weighted by Crippen LogP contribution is 2.49. The maximum absolute atomic E-state index is 11.2. The van der Waals surface area contributed by atoms with Crippen LogP contribution in [0.5, 0.6) is 5.75 Å². The van der Waals surface area contributed by atoms with E-state index in [2.05, 4.69) is 6.07 Å². The Kier molecular flexibility index (Phi) is 4.17. The van der Waals surface area contributed by atoms with Crippen molar-refractivity contribution in [2.75, 3.05) is 6.61 Å². The predicted octanol–water partition coefficient (Wildman–Crippen LogP) is 2.71. The van der Waals surface area contributed by atoms with Crippen LogP contribution in [0, 0.1) is 16.7 Å². The second kappa shape index (κ2) is 5.41. The van der Waals surface area contributed by atoms with Gasteiger partial charge in [0.05, 0.1) is 27.6 Å². The largest absolute Gasteiger partial charge is 0.490 e. The van der Waals surface area contributed by atoms with Gasteiger partial charge in [0.15, 0.2) is 5.75 Å². The molecule has 2 rings (SSSR count). The minimum absolute atomic E-state index is 0.0780. The number of ether oxygens (including phenoxy) is 1. The number of rotatable bonds is 5. The maximum atomic E-state index is 11.2. The van der Waals surface area contributed by atoms with Crippen LogP contribution in [0.3, 0.4) is 0 Å². The van der Waals surface area contributed by atoms with Gasteiger partial charge in [-0.2, -0.15) is 5.26 Å². The molecule has 0 spiro atoms. The van der Waals surface area contributed by atoms with Crippen molar-refractivity contribution in [1.82, 2.24) is 0 Å². The highest BCUT2D eigenvalue weighted by molar-refractivity contribution is 7.89. The zero-order valence-corrected chi connectivity index (χ0v) is 12.7. The van der Waals surface area contributed by atoms with Crippen LogP contribution in [-0.4, -0.2) is 15.0 Å². The van der Waals surface area contributed by atoms with Crippen LogP contribution in [0.4, 0.5) is 0 Å². The van der Waals surface area contributed by atoms with E-state index in [1.54, 1.807) is 0 Å². The number of benzene rings is 1. The van der Waals surface area contributed by atoms with E-state index in [-0.39, 0.29) is 26.1 Å². The molecule has 0 unspecified atom stereocenters. The standard InChI is InChI=1S/C12H12Cl2N2O3S/c13-9-5-8(20(16,17)18)6-10(14)11(9)19-7-12(1-2-12)3-4-15/h5-6H,1-3,7H2,(H2,16,17,18). The van der Waals surface area contributed by atoms with Gasteiger partial charge in [0, 0.05) is 11.8 Å². The third-order valence-electron chi connectivity index (χ3n) is 3.23. The van der Waals surface area contributed by atoms with Crippen LogP contribution in [0.15, 0.2) is 17.0 Å². The second-order valence-corrected chi connectivity index (χ2v) is 7.26. The average Bonchev–Trinajstić information content (AvgIpc) is 3.07. The molecule has 1 aliphatic carbocycles. The number of hydrogen-bond acceptors (Lipinski definition) is 4. The minimum atomic E-state index is -3.87. The van der Waals surface area contributed by atoms with Crippen molar-refractivity contribution in [1.29, 1.82) is 5.26 Å². The van der Waals surface area contributed by atoms with E-state index >= 15 is 0 Å². The van der Waals surface area contributed by atoms with Crippen molar-refractivity contribution in [2.24, 2.45) is 10.6 Å². The van der Waals surface area contributed by atoms with Gasteiger partial charge in [0.2, 0.25) is 10.0 Å². The van der Waals surface area contributed by atoms with Gasteiger partial charge >= 0.3 is 0 Å². The molecule has 1 fully saturated rings. The Labute approximate surface area is 127 Å². The SMILES string of the molecule is N#CCC1(COc2c(Cl)cc(S(N)(=O)=O)cc2Cl)CC1. The lowest BCUT2D eigenvalue weighted by Gasteiger charge is -2.15. The third-order valence-corrected chi connectivity index (χ3v) is 4.69. The summed E-state index contributed by atoms with van der Waals surface area (Å²) in [6, 6.07) is 4.52. The van der Waals surface area contributed by atoms with E-state index in [9.17, 15) is 8.42 Å². The van der Waals surface area contributed by atoms with Crippen LogP contribution in [-0.2, 0) is 10.0 Å². The number of nitriles is 1. The van der Waals surface area contributed by atoms with E-state index in [0.717, 1.165) is 12.8 Å². The topological polar surface area (TPSA) is 93.2 Å². The van der Waals surface area contributed by atoms with Gasteiger partial charge in [-0.05, 0) is 25.0 Å². The predicted molar refractivity (Wildman–Crippen MR) is 75.2 cm³/mol. The number of sulfonamides is 1. The summed E-state index contributed by atoms with van der Waals surface area (Å²) in [7, 11) is -3.87. The molecule has 1 aromatic rings. The lowest BCUT2D eigenvalue weighted by molar-refractivity contribution is 0.237. The summed E-state index contributed by atoms with van der Waals surface area (Å²) in [6.07, 6.45) is 2.26. The first kappa shape index (κ1) is 15.4. The Morgan fingerprint density at radius 2 is 1.90 bits per heavy atom. The highest BCUT2D eigenvalue weighted by atomic mass is 35.5. The van der Waals surface area contributed by atoms with Gasteiger partial charge in [-0.3, -0.25) is 0 Å². The second-order valence-electron chi connectivity index (χ2n) is 4.88. The zero-order valence-electron chi connectivity index (χ0n) is 10.4. The van der Waals surface area contributed by atoms with Gasteiger partial charge in [0.1, 0.15) is 0 Å². The summed E-state index contributed by atoms with van der Waals surface area (Å²) in [5.41, 5.74) is -0.125. The number of halogens is 2. The van der Waals surface area contributed by atoms with Crippen molar-refractivity contribution in [3.05, 3.63) is 22.2 Å². The lowest BCUT2D eigenvalue weighted by atomic mass is 10.1. The summed E-state index contributed by atoms with van der Waals surface area (Å²) in [4.78, 5) is -0.169. The molecule has 1 saturated carbocycles. The third kappa shape index (κ3) is 3.36. The molecule has 0 radical (unpaired) electrons. The first-order valence-corrected chi connectivity index (χ1v) is 8.09. The van der Waals surface area contributed by atoms with Crippen molar-refractivity contribution in [2.45, 2.75) is 24.2 Å². The maximum Gasteiger partial charge on any atom is 0.238 e. The van der Waals surface area contributed by atoms with Gasteiger partial charge in [-0.1, -0.05) is 23.2 Å². The van der Waals surface area contributed by atoms with Crippen molar-refractivity contribution >= 4 is 33.2 Å². The average molecular weight is 335 g/mol. The first-order chi connectivity index (χ1) is 9.27. The quantitative estimate of drug-likeness (QED) is 0.895. The molecule has 0 amide bonds. The number of nitrogens with zero attached hydrogens (tertiary/aromatic N) is 1. The van der Waals surface area contributed by atoms with E-state index < -0.39 is 10.0 Å². The number of nitrogens with two attached hydrogens (primary N) is 1. The zero-order chi connectivity index (χ0) is 15.0. The molecule has 108 valence electrons. The fourth-order valence-corrected chi connectivity index (χ4v) is 3.07. The first-order valence-electron chi connectivity index (χ1n) is 5.79. The Bertz CT molecular complexity index is 655. The summed E-state index contributed by atoms with van der Waals surface area (Å²) >= 11 is 11.9. The Morgan fingerprint density at radius 1 is 1.35 bits per heavy atom. The molecule has 2 N–H and O–H groups in total. The van der Waals surface area contributed by atoms with Crippen LogP contribution >= 0.6 is 23.2 Å². The Balaban J connectivity index is 2.20. The minimum Gasteiger partial charge on any atom is -0.490 e. The Hall–Kier alpha value is -1.00. The number of primary sulfonamides is 1. The summed E-state index contributed by atoms with van der Waals surface area (Å²) in [5, 5.41) is 13.9. The molecule has 0 saturated heterocycles. The molecule has 1 aromatic carbocycles. The lowest BCUT2D eigenvalue weighted by Crippen LogP contribution is -2.14. The number of hydrogen-bond donors (Lipinski definition) is 1. The summed E-state index contributed by atoms with van der Waals surface area (Å²) < 4.78 is 28.1. The van der Waals surface area contributed by atoms with Gasteiger partial charge in [-0.15, -0.1) is 0 Å². The molecule has 0 atom stereocenters. The van der Waals surface area contributed by atoms with Crippen LogP contribution in [0.25, 0.3) is 0 Å². The van der Waals surface area contributed by atoms with Gasteiger partial charge in [0.25, 0.3) is 0 Å². The molecule has 0 heterocycles. The van der Waals surface area contributed by atoms with Gasteiger partial charge < -0.3 is 4.74 Å². The Morgan fingerprint density at radius 3 is 2.30 bits per heavy atom. The highest BCUT2D eigenvalue weighted by Gasteiger charge is 2.43. The summed E-state index contributed by atoms with van der Waals surface area (Å²) in [6.45, 7) is 0.328. The van der Waals surface area contributed by atoms with Crippen molar-refractivity contribution in [3.63, 3.8) is 0 Å². The van der Waals surface area contributed by atoms with Gasteiger partial charge in [-0.25, -0.2) is 13.6 Å². The monoisotopic (exact) mass is 334 g/mol. The smallest absolute Gasteiger partial charge is 0.238 e. The summed E-state index contributed by atoms with van der Waals surface area (Å²) in [5.74, 6) is 0.213. The molecule has 8 heteroatoms. The molecule has 1 aliphatic rings. The molecule has 0 aliphatic heterocycles. The molecular formula is C12H12Cl2N2O3S. The van der Waals surface area contributed by atoms with Crippen LogP contribution in [0.2, 0.25) is 10.0 Å². The fourth-order valence-electron chi connectivity index (χ4n) is 1.78. The molecule has 0 bridgehead atoms. The van der Waals surface area contributed by atoms with Crippen LogP contribution < -0.4 is 9.88 Å². The van der Waals surface area contributed by atoms with Crippen LogP contribution in [0.1, 0.15) is 19.3 Å². The normalized spacial score (nSPS) is 16.5. The van der Waals surface area contributed by atoms with Crippen molar-refractivity contribution in [3.8, 4) is 11.8 Å². The molecule has 5 nitrogen and oxygen atoms in total. The van der Waals surface area contributed by atoms with E-state index in [1.165, 1.54) is 12.1 Å².